The molecule has 9 nitrogen and oxygen atoms in total. The predicted molar refractivity (Wildman–Crippen MR) is 155 cm³/mol. The lowest BCUT2D eigenvalue weighted by Crippen LogP contribution is -2.35. The number of carbonyl (C=O) groups excluding carboxylic acids is 1. The van der Waals surface area contributed by atoms with Crippen molar-refractivity contribution >= 4 is 55.9 Å². The number of amides is 1. The molecule has 2 N–H and O–H groups in total. The van der Waals surface area contributed by atoms with E-state index in [1.807, 2.05) is 25.1 Å². The Bertz CT molecular complexity index is 1600. The third kappa shape index (κ3) is 5.73. The molecule has 3 aromatic carbocycles. The highest BCUT2D eigenvalue weighted by Gasteiger charge is 2.29. The summed E-state index contributed by atoms with van der Waals surface area (Å²) in [6.07, 6.45) is 4.08. The minimum atomic E-state index is -3.48. The van der Waals surface area contributed by atoms with Crippen molar-refractivity contribution in [1.82, 2.24) is 4.90 Å². The highest BCUT2D eigenvalue weighted by atomic mass is 35.5. The molecule has 0 saturated heterocycles. The Morgan fingerprint density at radius 3 is 2.36 bits per heavy atom. The van der Waals surface area contributed by atoms with Crippen molar-refractivity contribution in [3.05, 3.63) is 89.3 Å². The number of rotatable bonds is 8. The number of anilines is 3. The van der Waals surface area contributed by atoms with E-state index in [1.165, 1.54) is 23.1 Å². The van der Waals surface area contributed by atoms with Crippen molar-refractivity contribution < 1.29 is 22.7 Å². The first-order chi connectivity index (χ1) is 18.6. The third-order valence-electron chi connectivity index (χ3n) is 6.23. The lowest BCUT2D eigenvalue weighted by molar-refractivity contribution is -0.110. The van der Waals surface area contributed by atoms with E-state index in [1.54, 1.807) is 54.6 Å². The number of likely N-dealkylation sites (N-methyl/N-ethyl adjacent to an activating group) is 1. The van der Waals surface area contributed by atoms with Gasteiger partial charge < -0.3 is 25.0 Å². The normalized spacial score (nSPS) is 15.2. The van der Waals surface area contributed by atoms with Crippen LogP contribution in [0.15, 0.2) is 73.2 Å². The van der Waals surface area contributed by atoms with Crippen LogP contribution in [0.25, 0.3) is 11.3 Å². The van der Waals surface area contributed by atoms with Gasteiger partial charge in [-0.2, -0.15) is 0 Å². The van der Waals surface area contributed by atoms with Crippen molar-refractivity contribution in [2.24, 2.45) is 0 Å². The van der Waals surface area contributed by atoms with Crippen molar-refractivity contribution in [2.75, 3.05) is 48.4 Å². The van der Waals surface area contributed by atoms with Gasteiger partial charge in [0.2, 0.25) is 10.0 Å². The maximum absolute atomic E-state index is 13.2. The Morgan fingerprint density at radius 1 is 0.949 bits per heavy atom. The quantitative estimate of drug-likeness (QED) is 0.376. The molecule has 0 saturated carbocycles. The molecule has 202 valence electrons. The van der Waals surface area contributed by atoms with Crippen LogP contribution >= 0.6 is 11.6 Å². The molecule has 2 aliphatic rings. The topological polar surface area (TPSA) is 100 Å². The second-order valence-electron chi connectivity index (χ2n) is 9.37. The van der Waals surface area contributed by atoms with Gasteiger partial charge in [-0.25, -0.2) is 8.42 Å². The molecule has 0 fully saturated rings. The zero-order valence-corrected chi connectivity index (χ0v) is 23.1. The van der Waals surface area contributed by atoms with Crippen LogP contribution in [0.1, 0.15) is 11.1 Å². The Morgan fingerprint density at radius 2 is 1.67 bits per heavy atom. The summed E-state index contributed by atoms with van der Waals surface area (Å²) in [5.41, 5.74) is 4.17. The van der Waals surface area contributed by atoms with Gasteiger partial charge in [-0.05, 0) is 68.7 Å². The summed E-state index contributed by atoms with van der Waals surface area (Å²) in [6, 6.07) is 17.6. The van der Waals surface area contributed by atoms with E-state index < -0.39 is 10.0 Å². The summed E-state index contributed by atoms with van der Waals surface area (Å²) >= 11 is 6.17. The summed E-state index contributed by atoms with van der Waals surface area (Å²) in [4.78, 5) is 15.1. The molecule has 0 unspecified atom stereocenters. The van der Waals surface area contributed by atoms with Crippen LogP contribution in [0.2, 0.25) is 5.02 Å². The maximum atomic E-state index is 13.2. The SMILES string of the molecule is CN(C)CCN(c1ccc(N/C(=C2\C(=O)Nc3cc(Cl)ccc32)c2ccc3c(c2)OC=CO3)cc1)S(C)(=O)=O. The van der Waals surface area contributed by atoms with Crippen LogP contribution in [0, 0.1) is 0 Å². The second kappa shape index (κ2) is 10.6. The molecule has 2 heterocycles. The van der Waals surface area contributed by atoms with E-state index in [9.17, 15) is 13.2 Å². The average molecular weight is 567 g/mol. The van der Waals surface area contributed by atoms with Crippen molar-refractivity contribution in [2.45, 2.75) is 0 Å². The lowest BCUT2D eigenvalue weighted by atomic mass is 9.99. The number of benzene rings is 3. The first kappa shape index (κ1) is 26.6. The molecule has 1 amide bonds. The number of nitrogens with one attached hydrogen (secondary N) is 2. The summed E-state index contributed by atoms with van der Waals surface area (Å²) in [7, 11) is 0.305. The highest BCUT2D eigenvalue weighted by molar-refractivity contribution is 7.92. The summed E-state index contributed by atoms with van der Waals surface area (Å²) < 4.78 is 37.4. The smallest absolute Gasteiger partial charge is 0.258 e. The van der Waals surface area contributed by atoms with Crippen LogP contribution in [0.3, 0.4) is 0 Å². The first-order valence-electron chi connectivity index (χ1n) is 12.1. The number of hydrogen-bond acceptors (Lipinski definition) is 7. The van der Waals surface area contributed by atoms with Crippen molar-refractivity contribution in [3.63, 3.8) is 0 Å². The fourth-order valence-electron chi connectivity index (χ4n) is 4.36. The van der Waals surface area contributed by atoms with Gasteiger partial charge in [0, 0.05) is 34.9 Å². The summed E-state index contributed by atoms with van der Waals surface area (Å²) in [6.45, 7) is 0.889. The molecular weight excluding hydrogens is 540 g/mol. The fourth-order valence-corrected chi connectivity index (χ4v) is 5.45. The number of halogens is 1. The van der Waals surface area contributed by atoms with E-state index in [0.29, 0.717) is 69.1 Å². The molecule has 5 rings (SSSR count). The van der Waals surface area contributed by atoms with Gasteiger partial charge in [0.25, 0.3) is 5.91 Å². The van der Waals surface area contributed by atoms with Gasteiger partial charge in [0.05, 0.1) is 28.9 Å². The Kier molecular flexibility index (Phi) is 7.26. The molecular formula is C28H27ClN4O5S. The molecule has 3 aromatic rings. The van der Waals surface area contributed by atoms with E-state index in [-0.39, 0.29) is 5.91 Å². The van der Waals surface area contributed by atoms with Crippen molar-refractivity contribution in [1.29, 1.82) is 0 Å². The molecule has 2 aliphatic heterocycles. The van der Waals surface area contributed by atoms with Crippen LogP contribution in [0.5, 0.6) is 11.5 Å². The first-order valence-corrected chi connectivity index (χ1v) is 14.3. The van der Waals surface area contributed by atoms with Gasteiger partial charge in [0.15, 0.2) is 11.5 Å². The van der Waals surface area contributed by atoms with E-state index in [0.717, 1.165) is 0 Å². The zero-order chi connectivity index (χ0) is 27.7. The molecule has 0 bridgehead atoms. The van der Waals surface area contributed by atoms with E-state index >= 15 is 0 Å². The van der Waals surface area contributed by atoms with Crippen LogP contribution in [0.4, 0.5) is 17.1 Å². The number of hydrogen-bond donors (Lipinski definition) is 2. The van der Waals surface area contributed by atoms with E-state index in [4.69, 9.17) is 21.1 Å². The minimum Gasteiger partial charge on any atom is -0.458 e. The molecule has 0 aromatic heterocycles. The Balaban J connectivity index is 1.56. The second-order valence-corrected chi connectivity index (χ2v) is 11.7. The van der Waals surface area contributed by atoms with Crippen LogP contribution in [-0.4, -0.2) is 52.7 Å². The summed E-state index contributed by atoms with van der Waals surface area (Å²) in [5.74, 6) is 0.773. The standard InChI is InChI=1S/C28H27ClN4O5S/c1-32(2)12-13-33(39(3,35)36)21-8-6-20(7-9-21)30-27(18-4-11-24-25(16-18)38-15-14-37-24)26-22-10-5-19(29)17-23(22)31-28(26)34/h4-11,14-17,30H,12-13H2,1-3H3,(H,31,34)/b27-26-. The largest absolute Gasteiger partial charge is 0.458 e. The number of nitrogens with zero attached hydrogens (tertiary/aromatic N) is 2. The molecule has 11 heteroatoms. The number of fused-ring (bicyclic) bond motifs is 2. The number of carbonyl (C=O) groups is 1. The Labute approximate surface area is 232 Å². The molecule has 0 radical (unpaired) electrons. The molecule has 39 heavy (non-hydrogen) atoms. The number of ether oxygens (including phenoxy) is 2. The number of sulfonamides is 1. The van der Waals surface area contributed by atoms with Crippen LogP contribution in [-0.2, 0) is 14.8 Å². The van der Waals surface area contributed by atoms with Gasteiger partial charge in [-0.15, -0.1) is 0 Å². The van der Waals surface area contributed by atoms with E-state index in [2.05, 4.69) is 10.6 Å². The zero-order valence-electron chi connectivity index (χ0n) is 21.6. The minimum absolute atomic E-state index is 0.284. The monoisotopic (exact) mass is 566 g/mol. The lowest BCUT2D eigenvalue weighted by Gasteiger charge is -2.24. The predicted octanol–water partition coefficient (Wildman–Crippen LogP) is 4.84. The Hall–Kier alpha value is -3.99. The van der Waals surface area contributed by atoms with Gasteiger partial charge in [-0.1, -0.05) is 17.7 Å². The molecule has 0 atom stereocenters. The van der Waals surface area contributed by atoms with Crippen molar-refractivity contribution in [3.8, 4) is 11.5 Å². The third-order valence-corrected chi connectivity index (χ3v) is 7.66. The highest BCUT2D eigenvalue weighted by Crippen LogP contribution is 2.41. The van der Waals surface area contributed by atoms with Gasteiger partial charge in [0.1, 0.15) is 12.5 Å². The average Bonchev–Trinajstić information content (AvgIpc) is 3.21. The molecule has 0 aliphatic carbocycles. The van der Waals surface area contributed by atoms with Gasteiger partial charge >= 0.3 is 0 Å². The summed E-state index contributed by atoms with van der Waals surface area (Å²) in [5, 5.41) is 6.78. The fraction of sp³-hybridized carbons (Fsp3) is 0.179. The van der Waals surface area contributed by atoms with Gasteiger partial charge in [-0.3, -0.25) is 9.10 Å². The van der Waals surface area contributed by atoms with Crippen LogP contribution < -0.4 is 24.4 Å². The molecule has 0 spiro atoms. The maximum Gasteiger partial charge on any atom is 0.258 e.